The van der Waals surface area contributed by atoms with Crippen molar-refractivity contribution < 1.29 is 14.5 Å². The molecule has 4 rings (SSSR count). The molecule has 0 fully saturated rings. The number of aromatic nitrogens is 2. The predicted molar refractivity (Wildman–Crippen MR) is 126 cm³/mol. The van der Waals surface area contributed by atoms with Crippen LogP contribution in [0.1, 0.15) is 23.0 Å². The van der Waals surface area contributed by atoms with Crippen LogP contribution in [-0.2, 0) is 0 Å². The predicted octanol–water partition coefficient (Wildman–Crippen LogP) is 5.41. The highest BCUT2D eigenvalue weighted by molar-refractivity contribution is 6.10. The molecule has 0 unspecified atom stereocenters. The SMILES string of the molecule is CCOc1ccc(NC(=O)c2c(-c3ccccc3)nn(-c3ccccc3)c2C)c([N+](=O)[O-])c1. The lowest BCUT2D eigenvalue weighted by Gasteiger charge is -2.09. The zero-order chi connectivity index (χ0) is 23.4. The molecule has 1 aromatic heterocycles. The molecule has 1 amide bonds. The van der Waals surface area contributed by atoms with E-state index in [0.717, 1.165) is 11.3 Å². The number of hydrogen-bond donors (Lipinski definition) is 1. The van der Waals surface area contributed by atoms with Crippen molar-refractivity contribution in [1.29, 1.82) is 0 Å². The molecule has 8 heteroatoms. The number of carbonyl (C=O) groups excluding carboxylic acids is 1. The second-order valence-electron chi connectivity index (χ2n) is 7.25. The zero-order valence-electron chi connectivity index (χ0n) is 18.2. The molecule has 1 heterocycles. The number of nitrogens with one attached hydrogen (secondary N) is 1. The van der Waals surface area contributed by atoms with E-state index < -0.39 is 10.8 Å². The molecule has 0 bridgehead atoms. The van der Waals surface area contributed by atoms with E-state index in [1.807, 2.05) is 60.7 Å². The minimum Gasteiger partial charge on any atom is -0.494 e. The van der Waals surface area contributed by atoms with Crippen LogP contribution in [0.3, 0.4) is 0 Å². The number of ether oxygens (including phenoxy) is 1. The Kier molecular flexibility index (Phi) is 6.17. The summed E-state index contributed by atoms with van der Waals surface area (Å²) in [6.07, 6.45) is 0. The first-order valence-corrected chi connectivity index (χ1v) is 10.4. The average molecular weight is 442 g/mol. The topological polar surface area (TPSA) is 99.3 Å². The number of para-hydroxylation sites is 1. The van der Waals surface area contributed by atoms with Gasteiger partial charge in [0.05, 0.1) is 34.5 Å². The molecule has 1 N–H and O–H groups in total. The van der Waals surface area contributed by atoms with Gasteiger partial charge in [-0.2, -0.15) is 5.10 Å². The van der Waals surface area contributed by atoms with E-state index in [1.165, 1.54) is 12.1 Å². The lowest BCUT2D eigenvalue weighted by molar-refractivity contribution is -0.384. The molecule has 0 saturated heterocycles. The van der Waals surface area contributed by atoms with Gasteiger partial charge in [-0.25, -0.2) is 4.68 Å². The maximum absolute atomic E-state index is 13.4. The third kappa shape index (κ3) is 4.45. The van der Waals surface area contributed by atoms with Gasteiger partial charge in [0.2, 0.25) is 0 Å². The minimum atomic E-state index is -0.545. The Bertz CT molecular complexity index is 1300. The average Bonchev–Trinajstić information content (AvgIpc) is 3.18. The highest BCUT2D eigenvalue weighted by Gasteiger charge is 2.25. The fourth-order valence-electron chi connectivity index (χ4n) is 3.60. The maximum atomic E-state index is 13.4. The summed E-state index contributed by atoms with van der Waals surface area (Å²) < 4.78 is 7.06. The van der Waals surface area contributed by atoms with Crippen molar-refractivity contribution in [2.45, 2.75) is 13.8 Å². The Labute approximate surface area is 190 Å². The van der Waals surface area contributed by atoms with Crippen molar-refractivity contribution in [1.82, 2.24) is 9.78 Å². The molecule has 0 atom stereocenters. The molecule has 33 heavy (non-hydrogen) atoms. The van der Waals surface area contributed by atoms with Crippen molar-refractivity contribution >= 4 is 17.3 Å². The smallest absolute Gasteiger partial charge is 0.296 e. The summed E-state index contributed by atoms with van der Waals surface area (Å²) in [5, 5.41) is 19.0. The largest absolute Gasteiger partial charge is 0.494 e. The van der Waals surface area contributed by atoms with Gasteiger partial charge in [-0.1, -0.05) is 48.5 Å². The van der Waals surface area contributed by atoms with Gasteiger partial charge >= 0.3 is 0 Å². The van der Waals surface area contributed by atoms with Gasteiger partial charge in [0, 0.05) is 5.56 Å². The number of benzene rings is 3. The standard InChI is InChI=1S/C25H22N4O4/c1-3-33-20-14-15-21(22(16-20)29(31)32)26-25(30)23-17(2)28(19-12-8-5-9-13-19)27-24(23)18-10-6-4-7-11-18/h4-16H,3H2,1-2H3,(H,26,30). The molecule has 8 nitrogen and oxygen atoms in total. The van der Waals surface area contributed by atoms with Crippen LogP contribution in [-0.4, -0.2) is 27.2 Å². The van der Waals surface area contributed by atoms with Crippen LogP contribution in [0.5, 0.6) is 5.75 Å². The van der Waals surface area contributed by atoms with E-state index in [2.05, 4.69) is 5.32 Å². The van der Waals surface area contributed by atoms with Crippen LogP contribution in [0.15, 0.2) is 78.9 Å². The second kappa shape index (κ2) is 9.35. The van der Waals surface area contributed by atoms with E-state index in [-0.39, 0.29) is 11.4 Å². The molecule has 0 saturated carbocycles. The Morgan fingerprint density at radius 3 is 2.36 bits per heavy atom. The number of hydrogen-bond acceptors (Lipinski definition) is 5. The summed E-state index contributed by atoms with van der Waals surface area (Å²) in [4.78, 5) is 24.5. The highest BCUT2D eigenvalue weighted by Crippen LogP contribution is 2.32. The van der Waals surface area contributed by atoms with Crippen molar-refractivity contribution in [3.05, 3.63) is 100 Å². The normalized spacial score (nSPS) is 10.6. The number of nitrogens with zero attached hydrogens (tertiary/aromatic N) is 3. The summed E-state index contributed by atoms with van der Waals surface area (Å²) in [6, 6.07) is 23.2. The second-order valence-corrected chi connectivity index (χ2v) is 7.25. The molecule has 3 aromatic carbocycles. The van der Waals surface area contributed by atoms with Gasteiger partial charge in [0.1, 0.15) is 17.1 Å². The van der Waals surface area contributed by atoms with Crippen molar-refractivity contribution in [3.8, 4) is 22.7 Å². The number of amides is 1. The molecule has 166 valence electrons. The van der Waals surface area contributed by atoms with E-state index in [9.17, 15) is 14.9 Å². The first kappa shape index (κ1) is 21.8. The monoisotopic (exact) mass is 442 g/mol. The van der Waals surface area contributed by atoms with Gasteiger partial charge < -0.3 is 10.1 Å². The Morgan fingerprint density at radius 2 is 1.73 bits per heavy atom. The lowest BCUT2D eigenvalue weighted by atomic mass is 10.1. The number of rotatable bonds is 7. The van der Waals surface area contributed by atoms with Crippen molar-refractivity contribution in [3.63, 3.8) is 0 Å². The number of carbonyl (C=O) groups is 1. The quantitative estimate of drug-likeness (QED) is 0.305. The summed E-state index contributed by atoms with van der Waals surface area (Å²) in [5.74, 6) is -0.124. The number of anilines is 1. The highest BCUT2D eigenvalue weighted by atomic mass is 16.6. The summed E-state index contributed by atoms with van der Waals surface area (Å²) >= 11 is 0. The molecule has 4 aromatic rings. The van der Waals surface area contributed by atoms with Crippen LogP contribution >= 0.6 is 0 Å². The Morgan fingerprint density at radius 1 is 1.06 bits per heavy atom. The van der Waals surface area contributed by atoms with E-state index in [4.69, 9.17) is 9.84 Å². The molecule has 0 radical (unpaired) electrons. The summed E-state index contributed by atoms with van der Waals surface area (Å²) in [7, 11) is 0. The van der Waals surface area contributed by atoms with E-state index in [1.54, 1.807) is 24.6 Å². The van der Waals surface area contributed by atoms with Crippen LogP contribution in [0.2, 0.25) is 0 Å². The van der Waals surface area contributed by atoms with Gasteiger partial charge in [0.15, 0.2) is 0 Å². The molecule has 0 aliphatic carbocycles. The van der Waals surface area contributed by atoms with Gasteiger partial charge in [0.25, 0.3) is 11.6 Å². The Balaban J connectivity index is 1.79. The molecular weight excluding hydrogens is 420 g/mol. The van der Waals surface area contributed by atoms with E-state index >= 15 is 0 Å². The first-order valence-electron chi connectivity index (χ1n) is 10.4. The van der Waals surface area contributed by atoms with Crippen LogP contribution < -0.4 is 10.1 Å². The summed E-state index contributed by atoms with van der Waals surface area (Å²) in [5.41, 5.74) is 2.85. The number of nitro benzene ring substituents is 1. The lowest BCUT2D eigenvalue weighted by Crippen LogP contribution is -2.15. The van der Waals surface area contributed by atoms with Crippen molar-refractivity contribution in [2.24, 2.45) is 0 Å². The minimum absolute atomic E-state index is 0.0827. The third-order valence-corrected chi connectivity index (χ3v) is 5.12. The molecular formula is C25H22N4O4. The van der Waals surface area contributed by atoms with E-state index in [0.29, 0.717) is 29.3 Å². The Hall–Kier alpha value is -4.46. The van der Waals surface area contributed by atoms with Gasteiger partial charge in [-0.05, 0) is 38.1 Å². The maximum Gasteiger partial charge on any atom is 0.296 e. The fraction of sp³-hybridized carbons (Fsp3) is 0.120. The van der Waals surface area contributed by atoms with Gasteiger partial charge in [-0.15, -0.1) is 0 Å². The third-order valence-electron chi connectivity index (χ3n) is 5.12. The van der Waals surface area contributed by atoms with Crippen LogP contribution in [0.4, 0.5) is 11.4 Å². The number of nitro groups is 1. The van der Waals surface area contributed by atoms with Crippen molar-refractivity contribution in [2.75, 3.05) is 11.9 Å². The van der Waals surface area contributed by atoms with Gasteiger partial charge in [-0.3, -0.25) is 14.9 Å². The molecule has 0 spiro atoms. The first-order chi connectivity index (χ1) is 16.0. The summed E-state index contributed by atoms with van der Waals surface area (Å²) in [6.45, 7) is 3.97. The zero-order valence-corrected chi connectivity index (χ0v) is 18.2. The molecule has 0 aliphatic heterocycles. The van der Waals surface area contributed by atoms with Crippen LogP contribution in [0, 0.1) is 17.0 Å². The fourth-order valence-corrected chi connectivity index (χ4v) is 3.60. The molecule has 0 aliphatic rings. The van der Waals surface area contributed by atoms with Crippen LogP contribution in [0.25, 0.3) is 16.9 Å².